The van der Waals surface area contributed by atoms with Gasteiger partial charge < -0.3 is 11.1 Å². The Morgan fingerprint density at radius 2 is 2.33 bits per heavy atom. The number of hydrogen-bond donors (Lipinski definition) is 2. The van der Waals surface area contributed by atoms with Gasteiger partial charge in [0.1, 0.15) is 0 Å². The van der Waals surface area contributed by atoms with E-state index in [9.17, 15) is 0 Å². The molecule has 100 valence electrons. The van der Waals surface area contributed by atoms with Crippen LogP contribution in [0, 0.1) is 0 Å². The monoisotopic (exact) mass is 249 g/mol. The highest BCUT2D eigenvalue weighted by Crippen LogP contribution is 2.29. The Morgan fingerprint density at radius 3 is 3.00 bits per heavy atom. The molecule has 2 unspecified atom stereocenters. The molecule has 3 rings (SSSR count). The summed E-state index contributed by atoms with van der Waals surface area (Å²) in [4.78, 5) is 2.62. The van der Waals surface area contributed by atoms with Crippen LogP contribution in [-0.4, -0.2) is 46.4 Å². The quantitative estimate of drug-likeness (QED) is 0.785. The Bertz CT molecular complexity index is 398. The number of aromatic nitrogens is 2. The van der Waals surface area contributed by atoms with Crippen LogP contribution < -0.4 is 11.1 Å². The predicted octanol–water partition coefficient (Wildman–Crippen LogP) is 0.246. The van der Waals surface area contributed by atoms with Crippen LogP contribution in [0.15, 0.2) is 12.4 Å². The third-order valence-corrected chi connectivity index (χ3v) is 4.06. The number of nitrogens with zero attached hydrogens (tertiary/aromatic N) is 3. The first kappa shape index (κ1) is 12.1. The van der Waals surface area contributed by atoms with Crippen molar-refractivity contribution in [3.8, 4) is 0 Å². The van der Waals surface area contributed by atoms with Gasteiger partial charge in [-0.05, 0) is 19.3 Å². The Balaban J connectivity index is 1.44. The van der Waals surface area contributed by atoms with E-state index in [-0.39, 0.29) is 6.04 Å². The zero-order valence-electron chi connectivity index (χ0n) is 11.0. The second kappa shape index (κ2) is 4.99. The normalized spacial score (nSPS) is 26.7. The molecule has 1 saturated heterocycles. The Kier molecular flexibility index (Phi) is 3.37. The molecule has 0 radical (unpaired) electrons. The molecule has 1 aromatic heterocycles. The third kappa shape index (κ3) is 2.74. The average molecular weight is 249 g/mol. The summed E-state index contributed by atoms with van der Waals surface area (Å²) >= 11 is 0. The molecule has 0 spiro atoms. The summed E-state index contributed by atoms with van der Waals surface area (Å²) in [6, 6.07) is 1.56. The molecule has 0 bridgehead atoms. The second-order valence-corrected chi connectivity index (χ2v) is 5.67. The van der Waals surface area contributed by atoms with Gasteiger partial charge in [-0.3, -0.25) is 9.58 Å². The van der Waals surface area contributed by atoms with Crippen molar-refractivity contribution >= 4 is 0 Å². The summed E-state index contributed by atoms with van der Waals surface area (Å²) < 4.78 is 1.81. The molecule has 0 amide bonds. The van der Waals surface area contributed by atoms with Crippen LogP contribution in [-0.2, 0) is 7.05 Å². The van der Waals surface area contributed by atoms with Crippen LogP contribution in [0.4, 0.5) is 0 Å². The molecular formula is C13H23N5. The lowest BCUT2D eigenvalue weighted by atomic mass is 10.1. The molecule has 2 aliphatic rings. The molecule has 1 aromatic rings. The zero-order chi connectivity index (χ0) is 12.5. The molecule has 2 heterocycles. The van der Waals surface area contributed by atoms with E-state index in [2.05, 4.69) is 15.3 Å². The van der Waals surface area contributed by atoms with E-state index in [4.69, 9.17) is 5.73 Å². The predicted molar refractivity (Wildman–Crippen MR) is 71.1 cm³/mol. The standard InChI is InChI=1S/C13H23N5/c1-17-8-10(6-16-17)13(14)7-15-11-4-5-18(9-11)12-2-3-12/h6,8,11-13,15H,2-5,7,9,14H2,1H3. The Morgan fingerprint density at radius 1 is 1.50 bits per heavy atom. The van der Waals surface area contributed by atoms with Crippen LogP contribution in [0.3, 0.4) is 0 Å². The van der Waals surface area contributed by atoms with Crippen LogP contribution in [0.25, 0.3) is 0 Å². The molecular weight excluding hydrogens is 226 g/mol. The minimum absolute atomic E-state index is 0.0497. The summed E-state index contributed by atoms with van der Waals surface area (Å²) in [6.45, 7) is 3.30. The van der Waals surface area contributed by atoms with Gasteiger partial charge in [-0.15, -0.1) is 0 Å². The number of likely N-dealkylation sites (tertiary alicyclic amines) is 1. The molecule has 2 atom stereocenters. The van der Waals surface area contributed by atoms with E-state index < -0.39 is 0 Å². The van der Waals surface area contributed by atoms with Gasteiger partial charge in [-0.25, -0.2) is 0 Å². The van der Waals surface area contributed by atoms with Gasteiger partial charge >= 0.3 is 0 Å². The highest BCUT2D eigenvalue weighted by molar-refractivity contribution is 5.10. The van der Waals surface area contributed by atoms with Crippen molar-refractivity contribution < 1.29 is 0 Å². The number of hydrogen-bond acceptors (Lipinski definition) is 4. The maximum atomic E-state index is 6.16. The fraction of sp³-hybridized carbons (Fsp3) is 0.769. The first-order valence-electron chi connectivity index (χ1n) is 6.94. The topological polar surface area (TPSA) is 59.1 Å². The molecule has 1 saturated carbocycles. The van der Waals surface area contributed by atoms with Gasteiger partial charge in [0.15, 0.2) is 0 Å². The van der Waals surface area contributed by atoms with Crippen molar-refractivity contribution in [3.63, 3.8) is 0 Å². The summed E-state index contributed by atoms with van der Waals surface area (Å²) in [5.74, 6) is 0. The van der Waals surface area contributed by atoms with Crippen molar-refractivity contribution in [1.29, 1.82) is 0 Å². The molecule has 5 heteroatoms. The van der Waals surface area contributed by atoms with E-state index in [1.165, 1.54) is 32.4 Å². The summed E-state index contributed by atoms with van der Waals surface area (Å²) in [5, 5.41) is 7.76. The van der Waals surface area contributed by atoms with Crippen molar-refractivity contribution in [1.82, 2.24) is 20.0 Å². The van der Waals surface area contributed by atoms with Gasteiger partial charge in [0, 0.05) is 56.6 Å². The molecule has 1 aliphatic heterocycles. The highest BCUT2D eigenvalue weighted by atomic mass is 15.2. The van der Waals surface area contributed by atoms with Crippen LogP contribution in [0.5, 0.6) is 0 Å². The highest BCUT2D eigenvalue weighted by Gasteiger charge is 2.34. The molecule has 5 nitrogen and oxygen atoms in total. The zero-order valence-corrected chi connectivity index (χ0v) is 11.0. The lowest BCUT2D eigenvalue weighted by Crippen LogP contribution is -2.37. The maximum Gasteiger partial charge on any atom is 0.0537 e. The SMILES string of the molecule is Cn1cc(C(N)CNC2CCN(C3CC3)C2)cn1. The average Bonchev–Trinajstić information content (AvgIpc) is 2.95. The number of rotatable bonds is 5. The summed E-state index contributed by atoms with van der Waals surface area (Å²) in [5.41, 5.74) is 7.28. The van der Waals surface area contributed by atoms with Gasteiger partial charge in [0.2, 0.25) is 0 Å². The molecule has 2 fully saturated rings. The Hall–Kier alpha value is -0.910. The number of aryl methyl sites for hydroxylation is 1. The first-order chi connectivity index (χ1) is 8.72. The van der Waals surface area contributed by atoms with E-state index >= 15 is 0 Å². The number of nitrogens with two attached hydrogens (primary N) is 1. The largest absolute Gasteiger partial charge is 0.323 e. The van der Waals surface area contributed by atoms with E-state index in [1.807, 2.05) is 19.4 Å². The van der Waals surface area contributed by atoms with E-state index in [0.29, 0.717) is 6.04 Å². The van der Waals surface area contributed by atoms with Gasteiger partial charge in [0.25, 0.3) is 0 Å². The molecule has 3 N–H and O–H groups in total. The molecule has 18 heavy (non-hydrogen) atoms. The minimum Gasteiger partial charge on any atom is -0.323 e. The molecule has 1 aliphatic carbocycles. The van der Waals surface area contributed by atoms with Crippen molar-refractivity contribution in [3.05, 3.63) is 18.0 Å². The fourth-order valence-electron chi connectivity index (χ4n) is 2.77. The van der Waals surface area contributed by atoms with Crippen LogP contribution >= 0.6 is 0 Å². The molecule has 0 aromatic carbocycles. The van der Waals surface area contributed by atoms with Crippen LogP contribution in [0.1, 0.15) is 30.9 Å². The first-order valence-corrected chi connectivity index (χ1v) is 6.94. The van der Waals surface area contributed by atoms with Crippen molar-refractivity contribution in [2.75, 3.05) is 19.6 Å². The summed E-state index contributed by atoms with van der Waals surface area (Å²) in [7, 11) is 1.92. The lowest BCUT2D eigenvalue weighted by molar-refractivity contribution is 0.316. The lowest BCUT2D eigenvalue weighted by Gasteiger charge is -2.17. The third-order valence-electron chi connectivity index (χ3n) is 4.06. The second-order valence-electron chi connectivity index (χ2n) is 5.67. The smallest absolute Gasteiger partial charge is 0.0537 e. The maximum absolute atomic E-state index is 6.16. The Labute approximate surface area is 108 Å². The number of nitrogens with one attached hydrogen (secondary N) is 1. The van der Waals surface area contributed by atoms with Gasteiger partial charge in [-0.1, -0.05) is 0 Å². The van der Waals surface area contributed by atoms with Crippen molar-refractivity contribution in [2.45, 2.75) is 37.4 Å². The fourth-order valence-corrected chi connectivity index (χ4v) is 2.77. The van der Waals surface area contributed by atoms with Gasteiger partial charge in [0.05, 0.1) is 6.20 Å². The van der Waals surface area contributed by atoms with Crippen molar-refractivity contribution in [2.24, 2.45) is 12.8 Å². The van der Waals surface area contributed by atoms with Crippen LogP contribution in [0.2, 0.25) is 0 Å². The van der Waals surface area contributed by atoms with Gasteiger partial charge in [-0.2, -0.15) is 5.10 Å². The summed E-state index contributed by atoms with van der Waals surface area (Å²) in [6.07, 6.45) is 7.93. The van der Waals surface area contributed by atoms with E-state index in [1.54, 1.807) is 4.68 Å². The van der Waals surface area contributed by atoms with E-state index in [0.717, 1.165) is 18.2 Å². The minimum atomic E-state index is 0.0497.